The fourth-order valence-corrected chi connectivity index (χ4v) is 1.92. The summed E-state index contributed by atoms with van der Waals surface area (Å²) in [5.74, 6) is 0.646. The van der Waals surface area contributed by atoms with Gasteiger partial charge < -0.3 is 10.6 Å². The third-order valence-electron chi connectivity index (χ3n) is 2.78. The summed E-state index contributed by atoms with van der Waals surface area (Å²) in [5, 5.41) is 0. The van der Waals surface area contributed by atoms with Crippen LogP contribution >= 0.6 is 0 Å². The van der Waals surface area contributed by atoms with Crippen LogP contribution in [0.15, 0.2) is 30.3 Å². The monoisotopic (exact) mass is 176 g/mol. The Morgan fingerprint density at radius 2 is 1.92 bits per heavy atom. The van der Waals surface area contributed by atoms with E-state index in [1.807, 2.05) is 6.07 Å². The van der Waals surface area contributed by atoms with Gasteiger partial charge in [-0.05, 0) is 12.6 Å². The lowest BCUT2D eigenvalue weighted by molar-refractivity contribution is 0.112. The molecule has 0 bridgehead atoms. The number of hydrogen-bond acceptors (Lipinski definition) is 2. The topological polar surface area (TPSA) is 29.3 Å². The summed E-state index contributed by atoms with van der Waals surface area (Å²) in [4.78, 5) is 2.30. The van der Waals surface area contributed by atoms with Gasteiger partial charge in [0.2, 0.25) is 0 Å². The van der Waals surface area contributed by atoms with Crippen molar-refractivity contribution in [3.05, 3.63) is 35.9 Å². The average Bonchev–Trinajstić information content (AvgIpc) is 2.13. The minimum absolute atomic E-state index is 0.220. The summed E-state index contributed by atoms with van der Waals surface area (Å²) in [7, 11) is 2.13. The highest BCUT2D eigenvalue weighted by molar-refractivity contribution is 5.20. The summed E-state index contributed by atoms with van der Waals surface area (Å²) in [6, 6.07) is 10.6. The van der Waals surface area contributed by atoms with Gasteiger partial charge in [-0.15, -0.1) is 0 Å². The predicted octanol–water partition coefficient (Wildman–Crippen LogP) is 1.25. The second-order valence-electron chi connectivity index (χ2n) is 3.92. The molecule has 0 radical (unpaired) electrons. The van der Waals surface area contributed by atoms with Gasteiger partial charge in [0, 0.05) is 25.0 Å². The van der Waals surface area contributed by atoms with Gasteiger partial charge >= 0.3 is 0 Å². The van der Waals surface area contributed by atoms with Crippen molar-refractivity contribution in [3.63, 3.8) is 0 Å². The van der Waals surface area contributed by atoms with E-state index in [0.717, 1.165) is 13.1 Å². The van der Waals surface area contributed by atoms with Crippen LogP contribution in [0, 0.1) is 5.92 Å². The zero-order valence-corrected chi connectivity index (χ0v) is 7.98. The highest BCUT2D eigenvalue weighted by Gasteiger charge is 2.29. The van der Waals surface area contributed by atoms with Crippen LogP contribution in [-0.4, -0.2) is 25.0 Å². The molecule has 13 heavy (non-hydrogen) atoms. The highest BCUT2D eigenvalue weighted by atomic mass is 15.2. The van der Waals surface area contributed by atoms with Gasteiger partial charge in [-0.3, -0.25) is 0 Å². The predicted molar refractivity (Wildman–Crippen MR) is 54.4 cm³/mol. The lowest BCUT2D eigenvalue weighted by Gasteiger charge is -2.40. The molecule has 1 heterocycles. The average molecular weight is 176 g/mol. The molecule has 1 aliphatic rings. The molecule has 0 aliphatic carbocycles. The zero-order valence-electron chi connectivity index (χ0n) is 7.98. The van der Waals surface area contributed by atoms with Crippen molar-refractivity contribution >= 4 is 0 Å². The first kappa shape index (κ1) is 8.73. The lowest BCUT2D eigenvalue weighted by atomic mass is 9.88. The highest BCUT2D eigenvalue weighted by Crippen LogP contribution is 2.26. The largest absolute Gasteiger partial charge is 0.324 e. The van der Waals surface area contributed by atoms with Gasteiger partial charge in [0.25, 0.3) is 0 Å². The van der Waals surface area contributed by atoms with Crippen molar-refractivity contribution in [2.24, 2.45) is 11.7 Å². The van der Waals surface area contributed by atoms with Gasteiger partial charge in [-0.1, -0.05) is 30.3 Å². The molecule has 2 nitrogen and oxygen atoms in total. The number of nitrogens with zero attached hydrogens (tertiary/aromatic N) is 1. The molecule has 2 rings (SSSR count). The Kier molecular flexibility index (Phi) is 2.34. The standard InChI is InChI=1S/C11H16N2/c1-13-7-10(8-13)11(12)9-5-3-2-4-6-9/h2-6,10-11H,7-8,12H2,1H3. The Bertz CT molecular complexity index is 265. The molecular formula is C11H16N2. The Morgan fingerprint density at radius 3 is 2.46 bits per heavy atom. The van der Waals surface area contributed by atoms with Gasteiger partial charge in [-0.25, -0.2) is 0 Å². The van der Waals surface area contributed by atoms with Gasteiger partial charge in [0.15, 0.2) is 0 Å². The number of rotatable bonds is 2. The van der Waals surface area contributed by atoms with E-state index in [4.69, 9.17) is 5.73 Å². The van der Waals surface area contributed by atoms with Crippen LogP contribution in [0.5, 0.6) is 0 Å². The Hall–Kier alpha value is -0.860. The fraction of sp³-hybridized carbons (Fsp3) is 0.455. The third kappa shape index (κ3) is 1.74. The fourth-order valence-electron chi connectivity index (χ4n) is 1.92. The van der Waals surface area contributed by atoms with E-state index >= 15 is 0 Å². The molecule has 70 valence electrons. The quantitative estimate of drug-likeness (QED) is 0.734. The minimum Gasteiger partial charge on any atom is -0.324 e. The summed E-state index contributed by atoms with van der Waals surface area (Å²) in [5.41, 5.74) is 7.40. The van der Waals surface area contributed by atoms with Crippen LogP contribution in [-0.2, 0) is 0 Å². The Morgan fingerprint density at radius 1 is 1.31 bits per heavy atom. The van der Waals surface area contributed by atoms with Crippen molar-refractivity contribution in [1.82, 2.24) is 4.90 Å². The van der Waals surface area contributed by atoms with Crippen LogP contribution in [0.3, 0.4) is 0 Å². The Balaban J connectivity index is 2.02. The molecule has 0 saturated carbocycles. The Labute approximate surface area is 79.4 Å². The minimum atomic E-state index is 0.220. The molecular weight excluding hydrogens is 160 g/mol. The van der Waals surface area contributed by atoms with E-state index in [2.05, 4.69) is 36.2 Å². The van der Waals surface area contributed by atoms with Crippen LogP contribution in [0.25, 0.3) is 0 Å². The van der Waals surface area contributed by atoms with Gasteiger partial charge in [-0.2, -0.15) is 0 Å². The van der Waals surface area contributed by atoms with Crippen LogP contribution in [0.4, 0.5) is 0 Å². The van der Waals surface area contributed by atoms with Crippen molar-refractivity contribution in [3.8, 4) is 0 Å². The first-order chi connectivity index (χ1) is 6.27. The zero-order chi connectivity index (χ0) is 9.26. The molecule has 0 aromatic heterocycles. The first-order valence-electron chi connectivity index (χ1n) is 4.76. The lowest BCUT2D eigenvalue weighted by Crippen LogP contribution is -2.48. The van der Waals surface area contributed by atoms with E-state index in [9.17, 15) is 0 Å². The maximum atomic E-state index is 6.14. The van der Waals surface area contributed by atoms with Crippen LogP contribution < -0.4 is 5.73 Å². The molecule has 1 aromatic rings. The van der Waals surface area contributed by atoms with Gasteiger partial charge in [0.05, 0.1) is 0 Å². The second kappa shape index (κ2) is 3.48. The van der Waals surface area contributed by atoms with E-state index in [1.54, 1.807) is 0 Å². The maximum absolute atomic E-state index is 6.14. The molecule has 2 N–H and O–H groups in total. The maximum Gasteiger partial charge on any atom is 0.0348 e. The molecule has 2 heteroatoms. The van der Waals surface area contributed by atoms with E-state index in [1.165, 1.54) is 5.56 Å². The molecule has 1 saturated heterocycles. The van der Waals surface area contributed by atoms with Crippen molar-refractivity contribution < 1.29 is 0 Å². The van der Waals surface area contributed by atoms with Crippen LogP contribution in [0.2, 0.25) is 0 Å². The molecule has 0 amide bonds. The SMILES string of the molecule is CN1CC(C(N)c2ccccc2)C1. The second-order valence-corrected chi connectivity index (χ2v) is 3.92. The van der Waals surface area contributed by atoms with Crippen LogP contribution in [0.1, 0.15) is 11.6 Å². The molecule has 1 fully saturated rings. The molecule has 1 aliphatic heterocycles. The summed E-state index contributed by atoms with van der Waals surface area (Å²) >= 11 is 0. The number of nitrogens with two attached hydrogens (primary N) is 1. The summed E-state index contributed by atoms with van der Waals surface area (Å²) < 4.78 is 0. The van der Waals surface area contributed by atoms with Crippen molar-refractivity contribution in [1.29, 1.82) is 0 Å². The number of hydrogen-bond donors (Lipinski definition) is 1. The third-order valence-corrected chi connectivity index (χ3v) is 2.78. The molecule has 1 atom stereocenters. The van der Waals surface area contributed by atoms with E-state index in [0.29, 0.717) is 5.92 Å². The number of likely N-dealkylation sites (tertiary alicyclic amines) is 1. The summed E-state index contributed by atoms with van der Waals surface area (Å²) in [6.45, 7) is 2.27. The van der Waals surface area contributed by atoms with Crippen molar-refractivity contribution in [2.45, 2.75) is 6.04 Å². The molecule has 0 spiro atoms. The smallest absolute Gasteiger partial charge is 0.0348 e. The van der Waals surface area contributed by atoms with Gasteiger partial charge in [0.1, 0.15) is 0 Å². The van der Waals surface area contributed by atoms with E-state index < -0.39 is 0 Å². The molecule has 1 aromatic carbocycles. The number of benzene rings is 1. The van der Waals surface area contributed by atoms with Crippen molar-refractivity contribution in [2.75, 3.05) is 20.1 Å². The normalized spacial score (nSPS) is 21.1. The first-order valence-corrected chi connectivity index (χ1v) is 4.76. The summed E-state index contributed by atoms with van der Waals surface area (Å²) in [6.07, 6.45) is 0. The molecule has 1 unspecified atom stereocenters. The van der Waals surface area contributed by atoms with E-state index in [-0.39, 0.29) is 6.04 Å².